The topological polar surface area (TPSA) is 74.4 Å². The number of carbonyl (C=O) groups is 1. The van der Waals surface area contributed by atoms with E-state index < -0.39 is 18.1 Å². The fourth-order valence-electron chi connectivity index (χ4n) is 1.76. The zero-order chi connectivity index (χ0) is 16.3. The van der Waals surface area contributed by atoms with Crippen LogP contribution in [0.3, 0.4) is 0 Å². The van der Waals surface area contributed by atoms with Crippen LogP contribution in [-0.4, -0.2) is 24.4 Å². The molecule has 2 aromatic rings. The van der Waals surface area contributed by atoms with Gasteiger partial charge in [0, 0.05) is 5.56 Å². The summed E-state index contributed by atoms with van der Waals surface area (Å²) < 4.78 is 45.1. The highest BCUT2D eigenvalue weighted by Gasteiger charge is 2.31. The third-order valence-electron chi connectivity index (χ3n) is 2.66. The van der Waals surface area contributed by atoms with Crippen molar-refractivity contribution in [2.45, 2.75) is 6.36 Å². The molecular formula is C14H11F3N2O3. The molecule has 1 aromatic heterocycles. The molecule has 0 aliphatic carbocycles. The van der Waals surface area contributed by atoms with E-state index in [-0.39, 0.29) is 22.6 Å². The Morgan fingerprint density at radius 2 is 1.95 bits per heavy atom. The Morgan fingerprint density at radius 1 is 1.23 bits per heavy atom. The van der Waals surface area contributed by atoms with E-state index in [0.717, 1.165) is 12.1 Å². The van der Waals surface area contributed by atoms with Crippen molar-refractivity contribution in [3.05, 3.63) is 42.1 Å². The normalized spacial score (nSPS) is 11.1. The Balaban J connectivity index is 2.43. The lowest BCUT2D eigenvalue weighted by molar-refractivity contribution is -0.274. The van der Waals surface area contributed by atoms with Crippen molar-refractivity contribution in [3.63, 3.8) is 0 Å². The zero-order valence-electron chi connectivity index (χ0n) is 11.3. The van der Waals surface area contributed by atoms with Crippen molar-refractivity contribution in [1.82, 2.24) is 4.98 Å². The average molecular weight is 312 g/mol. The van der Waals surface area contributed by atoms with Gasteiger partial charge in [-0.05, 0) is 24.3 Å². The van der Waals surface area contributed by atoms with Gasteiger partial charge in [0.2, 0.25) is 0 Å². The van der Waals surface area contributed by atoms with Crippen LogP contribution in [0.2, 0.25) is 0 Å². The third-order valence-corrected chi connectivity index (χ3v) is 2.66. The number of esters is 1. The lowest BCUT2D eigenvalue weighted by atomic mass is 10.1. The lowest BCUT2D eigenvalue weighted by Crippen LogP contribution is -2.17. The minimum Gasteiger partial charge on any atom is -0.464 e. The summed E-state index contributed by atoms with van der Waals surface area (Å²) in [6.45, 7) is 0. The Kier molecular flexibility index (Phi) is 4.20. The molecule has 2 N–H and O–H groups in total. The second-order valence-corrected chi connectivity index (χ2v) is 4.20. The van der Waals surface area contributed by atoms with Crippen molar-refractivity contribution in [3.8, 4) is 17.0 Å². The Morgan fingerprint density at radius 3 is 2.59 bits per heavy atom. The molecule has 116 valence electrons. The molecular weight excluding hydrogens is 301 g/mol. The van der Waals surface area contributed by atoms with Gasteiger partial charge >= 0.3 is 12.3 Å². The van der Waals surface area contributed by atoms with Gasteiger partial charge in [0.25, 0.3) is 0 Å². The number of benzene rings is 1. The first-order chi connectivity index (χ1) is 10.3. The summed E-state index contributed by atoms with van der Waals surface area (Å²) in [5.41, 5.74) is 6.41. The molecule has 22 heavy (non-hydrogen) atoms. The number of rotatable bonds is 3. The van der Waals surface area contributed by atoms with Gasteiger partial charge in [0.15, 0.2) is 0 Å². The standard InChI is InChI=1S/C14H11F3N2O3/c1-21-13(20)11-6-5-10(18)12(19-11)8-3-2-4-9(7-8)22-14(15,16)17/h2-7H,18H2,1H3. The van der Waals surface area contributed by atoms with Crippen LogP contribution in [0, 0.1) is 0 Å². The molecule has 0 saturated carbocycles. The maximum absolute atomic E-state index is 12.2. The van der Waals surface area contributed by atoms with Gasteiger partial charge < -0.3 is 15.2 Å². The van der Waals surface area contributed by atoms with Crippen LogP contribution in [0.25, 0.3) is 11.3 Å². The molecule has 0 aliphatic heterocycles. The third kappa shape index (κ3) is 3.66. The second-order valence-electron chi connectivity index (χ2n) is 4.20. The van der Waals surface area contributed by atoms with E-state index in [9.17, 15) is 18.0 Å². The maximum Gasteiger partial charge on any atom is 0.573 e. The summed E-state index contributed by atoms with van der Waals surface area (Å²) >= 11 is 0. The van der Waals surface area contributed by atoms with Crippen molar-refractivity contribution in [2.24, 2.45) is 0 Å². The monoisotopic (exact) mass is 312 g/mol. The van der Waals surface area contributed by atoms with Crippen LogP contribution in [0.15, 0.2) is 36.4 Å². The molecule has 0 aliphatic rings. The highest BCUT2D eigenvalue weighted by molar-refractivity contribution is 5.89. The number of hydrogen-bond acceptors (Lipinski definition) is 5. The number of methoxy groups -OCH3 is 1. The number of nitrogens with two attached hydrogens (primary N) is 1. The van der Waals surface area contributed by atoms with E-state index in [2.05, 4.69) is 14.5 Å². The van der Waals surface area contributed by atoms with Gasteiger partial charge in [-0.3, -0.25) is 0 Å². The van der Waals surface area contributed by atoms with Crippen LogP contribution in [0.4, 0.5) is 18.9 Å². The second kappa shape index (κ2) is 5.92. The number of halogens is 3. The highest BCUT2D eigenvalue weighted by atomic mass is 19.4. The summed E-state index contributed by atoms with van der Waals surface area (Å²) in [7, 11) is 1.19. The smallest absolute Gasteiger partial charge is 0.464 e. The van der Waals surface area contributed by atoms with Gasteiger partial charge in [-0.25, -0.2) is 9.78 Å². The molecule has 0 spiro atoms. The van der Waals surface area contributed by atoms with E-state index in [4.69, 9.17) is 5.73 Å². The largest absolute Gasteiger partial charge is 0.573 e. The zero-order valence-corrected chi connectivity index (χ0v) is 11.3. The Hall–Kier alpha value is -2.77. The molecule has 0 fully saturated rings. The average Bonchev–Trinajstić information content (AvgIpc) is 2.45. The first-order valence-corrected chi connectivity index (χ1v) is 6.01. The minimum atomic E-state index is -4.80. The van der Waals surface area contributed by atoms with E-state index in [1.54, 1.807) is 0 Å². The number of nitrogens with zero attached hydrogens (tertiary/aromatic N) is 1. The van der Waals surface area contributed by atoms with Gasteiger partial charge in [-0.1, -0.05) is 12.1 Å². The molecule has 0 atom stereocenters. The predicted molar refractivity (Wildman–Crippen MR) is 72.1 cm³/mol. The molecule has 5 nitrogen and oxygen atoms in total. The maximum atomic E-state index is 12.2. The van der Waals surface area contributed by atoms with Crippen LogP contribution >= 0.6 is 0 Å². The van der Waals surface area contributed by atoms with Crippen molar-refractivity contribution in [1.29, 1.82) is 0 Å². The summed E-state index contributed by atoms with van der Waals surface area (Å²) in [4.78, 5) is 15.5. The fraction of sp³-hybridized carbons (Fsp3) is 0.143. The predicted octanol–water partition coefficient (Wildman–Crippen LogP) is 3.02. The lowest BCUT2D eigenvalue weighted by Gasteiger charge is -2.11. The molecule has 1 heterocycles. The van der Waals surface area contributed by atoms with Crippen molar-refractivity contribution in [2.75, 3.05) is 12.8 Å². The van der Waals surface area contributed by atoms with E-state index >= 15 is 0 Å². The molecule has 0 saturated heterocycles. The Labute approximate surface area is 123 Å². The number of alkyl halides is 3. The summed E-state index contributed by atoms with van der Waals surface area (Å²) in [6, 6.07) is 7.93. The number of carbonyl (C=O) groups excluding carboxylic acids is 1. The van der Waals surface area contributed by atoms with Crippen LogP contribution < -0.4 is 10.5 Å². The molecule has 1 aromatic carbocycles. The molecule has 0 bridgehead atoms. The molecule has 0 unspecified atom stereocenters. The number of ether oxygens (including phenoxy) is 2. The number of anilines is 1. The first-order valence-electron chi connectivity index (χ1n) is 6.01. The fourth-order valence-corrected chi connectivity index (χ4v) is 1.76. The molecule has 0 radical (unpaired) electrons. The summed E-state index contributed by atoms with van der Waals surface area (Å²) in [6.07, 6.45) is -4.80. The molecule has 8 heteroatoms. The van der Waals surface area contributed by atoms with Gasteiger partial charge in [-0.2, -0.15) is 0 Å². The number of hydrogen-bond donors (Lipinski definition) is 1. The van der Waals surface area contributed by atoms with Crippen LogP contribution in [-0.2, 0) is 4.74 Å². The number of aromatic nitrogens is 1. The van der Waals surface area contributed by atoms with Crippen LogP contribution in [0.5, 0.6) is 5.75 Å². The van der Waals surface area contributed by atoms with Gasteiger partial charge in [0.1, 0.15) is 11.4 Å². The summed E-state index contributed by atoms with van der Waals surface area (Å²) in [5.74, 6) is -1.08. The molecule has 0 amide bonds. The Bertz CT molecular complexity index is 702. The SMILES string of the molecule is COC(=O)c1ccc(N)c(-c2cccc(OC(F)(F)F)c2)n1. The van der Waals surface area contributed by atoms with Gasteiger partial charge in [-0.15, -0.1) is 13.2 Å². The van der Waals surface area contributed by atoms with Crippen molar-refractivity contribution < 1.29 is 27.4 Å². The van der Waals surface area contributed by atoms with E-state index in [0.29, 0.717) is 0 Å². The number of nitrogen functional groups attached to an aromatic ring is 1. The van der Waals surface area contributed by atoms with Crippen LogP contribution in [0.1, 0.15) is 10.5 Å². The van der Waals surface area contributed by atoms with Gasteiger partial charge in [0.05, 0.1) is 18.5 Å². The highest BCUT2D eigenvalue weighted by Crippen LogP contribution is 2.30. The van der Waals surface area contributed by atoms with E-state index in [1.165, 1.54) is 31.4 Å². The van der Waals surface area contributed by atoms with E-state index in [1.807, 2.05) is 0 Å². The number of pyridine rings is 1. The summed E-state index contributed by atoms with van der Waals surface area (Å²) in [5, 5.41) is 0. The quantitative estimate of drug-likeness (QED) is 0.882. The first kappa shape index (κ1) is 15.6. The van der Waals surface area contributed by atoms with Crippen molar-refractivity contribution >= 4 is 11.7 Å². The molecule has 2 rings (SSSR count). The minimum absolute atomic E-state index is 0.00570.